The van der Waals surface area contributed by atoms with E-state index >= 15 is 0 Å². The molecule has 5 heteroatoms. The summed E-state index contributed by atoms with van der Waals surface area (Å²) in [5.41, 5.74) is 1.10. The molecule has 0 unspecified atom stereocenters. The quantitative estimate of drug-likeness (QED) is 0.681. The Balaban J connectivity index is 2.72. The fraction of sp³-hybridized carbons (Fsp3) is 0.429. The molecule has 1 aromatic carbocycles. The number of nitrogens with one attached hydrogen (secondary N) is 1. The number of esters is 1. The number of anilines is 1. The number of halogens is 1. The molecule has 0 saturated heterocycles. The van der Waals surface area contributed by atoms with Crippen molar-refractivity contribution in [1.82, 2.24) is 0 Å². The normalized spacial score (nSPS) is 11.3. The van der Waals surface area contributed by atoms with Crippen LogP contribution in [0.1, 0.15) is 38.1 Å². The molecule has 0 spiro atoms. The molecule has 0 heterocycles. The average Bonchev–Trinajstić information content (AvgIpc) is 2.27. The summed E-state index contributed by atoms with van der Waals surface area (Å²) in [7, 11) is 0. The van der Waals surface area contributed by atoms with Gasteiger partial charge in [0.05, 0.1) is 16.0 Å². The van der Waals surface area contributed by atoms with Crippen LogP contribution < -0.4 is 5.32 Å². The Morgan fingerprint density at radius 3 is 2.16 bits per heavy atom. The van der Waals surface area contributed by atoms with Crippen LogP contribution in [0.3, 0.4) is 0 Å². The topological polar surface area (TPSA) is 55.4 Å². The lowest BCUT2D eigenvalue weighted by Crippen LogP contribution is -2.30. The van der Waals surface area contributed by atoms with E-state index in [1.807, 2.05) is 0 Å². The van der Waals surface area contributed by atoms with Crippen LogP contribution in [0, 0.1) is 0 Å². The Labute approximate surface area is 121 Å². The van der Waals surface area contributed by atoms with Gasteiger partial charge in [-0.1, -0.05) is 15.9 Å². The van der Waals surface area contributed by atoms with E-state index in [0.717, 1.165) is 0 Å². The molecule has 0 atom stereocenters. The second kappa shape index (κ2) is 6.19. The first-order chi connectivity index (χ1) is 8.70. The summed E-state index contributed by atoms with van der Waals surface area (Å²) in [4.78, 5) is 23.4. The van der Waals surface area contributed by atoms with Crippen molar-refractivity contribution >= 4 is 33.5 Å². The Morgan fingerprint density at radius 1 is 1.21 bits per heavy atom. The highest BCUT2D eigenvalue weighted by Gasteiger charge is 2.23. The number of hydrogen-bond acceptors (Lipinski definition) is 3. The van der Waals surface area contributed by atoms with Gasteiger partial charge in [0.15, 0.2) is 0 Å². The monoisotopic (exact) mass is 327 g/mol. The molecule has 0 saturated carbocycles. The number of alkyl halides is 1. The zero-order chi connectivity index (χ0) is 14.6. The van der Waals surface area contributed by atoms with Gasteiger partial charge in [0.2, 0.25) is 5.91 Å². The Kier molecular flexibility index (Phi) is 5.11. The minimum atomic E-state index is -0.637. The van der Waals surface area contributed by atoms with Gasteiger partial charge in [-0.3, -0.25) is 4.79 Å². The molecule has 0 bridgehead atoms. The van der Waals surface area contributed by atoms with Crippen molar-refractivity contribution in [2.24, 2.45) is 0 Å². The smallest absolute Gasteiger partial charge is 0.338 e. The molecular weight excluding hydrogens is 310 g/mol. The molecule has 19 heavy (non-hydrogen) atoms. The van der Waals surface area contributed by atoms with Crippen LogP contribution in [0.25, 0.3) is 0 Å². The van der Waals surface area contributed by atoms with Crippen LogP contribution in [0.5, 0.6) is 0 Å². The number of benzene rings is 1. The highest BCUT2D eigenvalue weighted by atomic mass is 79.9. The zero-order valence-corrected chi connectivity index (χ0v) is 13.1. The van der Waals surface area contributed by atoms with E-state index < -0.39 is 4.32 Å². The number of hydrogen-bond donors (Lipinski definition) is 1. The SMILES string of the molecule is CC(C)OC(=O)c1ccc(NC(=O)C(C)(C)Br)cc1. The van der Waals surface area contributed by atoms with E-state index in [4.69, 9.17) is 4.74 Å². The maximum Gasteiger partial charge on any atom is 0.338 e. The van der Waals surface area contributed by atoms with Crippen LogP contribution in [0.2, 0.25) is 0 Å². The van der Waals surface area contributed by atoms with Crippen molar-refractivity contribution in [3.63, 3.8) is 0 Å². The van der Waals surface area contributed by atoms with E-state index in [1.54, 1.807) is 52.0 Å². The fourth-order valence-electron chi connectivity index (χ4n) is 1.25. The van der Waals surface area contributed by atoms with Crippen molar-refractivity contribution in [2.75, 3.05) is 5.32 Å². The second-order valence-corrected chi connectivity index (χ2v) is 6.94. The molecule has 0 aliphatic carbocycles. The lowest BCUT2D eigenvalue weighted by molar-refractivity contribution is -0.117. The van der Waals surface area contributed by atoms with Gasteiger partial charge in [-0.15, -0.1) is 0 Å². The zero-order valence-electron chi connectivity index (χ0n) is 11.5. The maximum atomic E-state index is 11.7. The molecule has 4 nitrogen and oxygen atoms in total. The van der Waals surface area contributed by atoms with Crippen LogP contribution in [0.4, 0.5) is 5.69 Å². The summed E-state index contributed by atoms with van der Waals surface area (Å²) < 4.78 is 4.44. The van der Waals surface area contributed by atoms with Gasteiger partial charge < -0.3 is 10.1 Å². The summed E-state index contributed by atoms with van der Waals surface area (Å²) in [6.45, 7) is 7.11. The molecule has 0 aliphatic heterocycles. The van der Waals surface area contributed by atoms with Gasteiger partial charge in [0.1, 0.15) is 0 Å². The van der Waals surface area contributed by atoms with E-state index in [9.17, 15) is 9.59 Å². The number of amides is 1. The molecule has 104 valence electrons. The van der Waals surface area contributed by atoms with Crippen LogP contribution in [-0.4, -0.2) is 22.3 Å². The highest BCUT2D eigenvalue weighted by molar-refractivity contribution is 9.10. The van der Waals surface area contributed by atoms with Gasteiger partial charge in [0.25, 0.3) is 0 Å². The number of rotatable bonds is 4. The minimum Gasteiger partial charge on any atom is -0.459 e. The van der Waals surface area contributed by atoms with Crippen LogP contribution in [-0.2, 0) is 9.53 Å². The van der Waals surface area contributed by atoms with Gasteiger partial charge in [-0.05, 0) is 52.0 Å². The van der Waals surface area contributed by atoms with Gasteiger partial charge in [0, 0.05) is 5.69 Å². The predicted molar refractivity (Wildman–Crippen MR) is 78.6 cm³/mol. The first-order valence-electron chi connectivity index (χ1n) is 6.01. The van der Waals surface area contributed by atoms with Crippen molar-refractivity contribution < 1.29 is 14.3 Å². The summed E-state index contributed by atoms with van der Waals surface area (Å²) >= 11 is 3.28. The molecule has 1 aromatic rings. The molecule has 0 radical (unpaired) electrons. The lowest BCUT2D eigenvalue weighted by Gasteiger charge is -2.16. The van der Waals surface area contributed by atoms with Crippen molar-refractivity contribution in [1.29, 1.82) is 0 Å². The molecule has 0 aromatic heterocycles. The average molecular weight is 328 g/mol. The summed E-state index contributed by atoms with van der Waals surface area (Å²) in [5.74, 6) is -0.515. The summed E-state index contributed by atoms with van der Waals surface area (Å²) in [6.07, 6.45) is -0.152. The Bertz CT molecular complexity index is 461. The number of carbonyl (C=O) groups excluding carboxylic acids is 2. The third kappa shape index (κ3) is 5.03. The Morgan fingerprint density at radius 2 is 1.74 bits per heavy atom. The van der Waals surface area contributed by atoms with Crippen molar-refractivity contribution in [2.45, 2.75) is 38.1 Å². The van der Waals surface area contributed by atoms with Crippen LogP contribution >= 0.6 is 15.9 Å². The minimum absolute atomic E-state index is 0.148. The van der Waals surface area contributed by atoms with Crippen molar-refractivity contribution in [3.8, 4) is 0 Å². The van der Waals surface area contributed by atoms with E-state index in [0.29, 0.717) is 11.3 Å². The molecule has 0 aliphatic rings. The standard InChI is InChI=1S/C14H18BrNO3/c1-9(2)19-12(17)10-5-7-11(8-6-10)16-13(18)14(3,4)15/h5-9H,1-4H3,(H,16,18). The first-order valence-corrected chi connectivity index (χ1v) is 6.81. The van der Waals surface area contributed by atoms with E-state index in [1.165, 1.54) is 0 Å². The maximum absolute atomic E-state index is 11.7. The third-order valence-corrected chi connectivity index (χ3v) is 2.62. The van der Waals surface area contributed by atoms with Gasteiger partial charge >= 0.3 is 5.97 Å². The van der Waals surface area contributed by atoms with Gasteiger partial charge in [-0.25, -0.2) is 4.79 Å². The summed E-state index contributed by atoms with van der Waals surface area (Å²) in [5, 5.41) is 2.75. The largest absolute Gasteiger partial charge is 0.459 e. The number of ether oxygens (including phenoxy) is 1. The molecule has 0 fully saturated rings. The van der Waals surface area contributed by atoms with Crippen molar-refractivity contribution in [3.05, 3.63) is 29.8 Å². The Hall–Kier alpha value is -1.36. The second-order valence-electron chi connectivity index (χ2n) is 4.96. The number of carbonyl (C=O) groups is 2. The molecule has 1 N–H and O–H groups in total. The van der Waals surface area contributed by atoms with Gasteiger partial charge in [-0.2, -0.15) is 0 Å². The molecular formula is C14H18BrNO3. The van der Waals surface area contributed by atoms with E-state index in [2.05, 4.69) is 21.2 Å². The van der Waals surface area contributed by atoms with E-state index in [-0.39, 0.29) is 18.0 Å². The third-order valence-electron chi connectivity index (χ3n) is 2.26. The first kappa shape index (κ1) is 15.7. The lowest BCUT2D eigenvalue weighted by atomic mass is 10.1. The molecule has 1 rings (SSSR count). The highest BCUT2D eigenvalue weighted by Crippen LogP contribution is 2.19. The summed E-state index contributed by atoms with van der Waals surface area (Å²) in [6, 6.07) is 6.60. The fourth-order valence-corrected chi connectivity index (χ4v) is 1.35. The predicted octanol–water partition coefficient (Wildman–Crippen LogP) is 3.36. The van der Waals surface area contributed by atoms with Crippen LogP contribution in [0.15, 0.2) is 24.3 Å². The molecule has 1 amide bonds.